The standard InChI is InChI=1S/C29H39FN4O3S2Si/c1-27(2,3)40(6,7)37-19-28(4)17-25-32-33-26(34(25)14-15-38-28)29(12-13-29)24-11-9-21(18-31-24)20-8-10-23(22(30)16-20)39(5,35)36/h8-11,16,18H,12-15,17,19H2,1-7H3/t28-/m1/s1. The van der Waals surface area contributed by atoms with Crippen molar-refractivity contribution in [3.63, 3.8) is 0 Å². The van der Waals surface area contributed by atoms with E-state index in [9.17, 15) is 12.8 Å². The SMILES string of the molecule is CC(C)(C)[Si](C)(C)OC[C@@]1(C)Cc2nnc(C3(c4ccc(-c5ccc(S(C)(=O)=O)c(F)c5)cn4)CC3)n2CCS1. The second kappa shape index (κ2) is 10.0. The Balaban J connectivity index is 1.36. The minimum Gasteiger partial charge on any atom is -0.415 e. The van der Waals surface area contributed by atoms with Gasteiger partial charge in [-0.05, 0) is 61.7 Å². The molecule has 2 aromatic heterocycles. The summed E-state index contributed by atoms with van der Waals surface area (Å²) in [7, 11) is -5.48. The van der Waals surface area contributed by atoms with Gasteiger partial charge >= 0.3 is 0 Å². The summed E-state index contributed by atoms with van der Waals surface area (Å²) >= 11 is 1.96. The van der Waals surface area contributed by atoms with E-state index in [0.717, 1.165) is 60.7 Å². The Morgan fingerprint density at radius 2 is 1.82 bits per heavy atom. The van der Waals surface area contributed by atoms with Gasteiger partial charge in [-0.3, -0.25) is 4.98 Å². The summed E-state index contributed by atoms with van der Waals surface area (Å²) in [5.74, 6) is 2.19. The summed E-state index contributed by atoms with van der Waals surface area (Å²) in [6.07, 6.45) is 5.44. The van der Waals surface area contributed by atoms with Crippen molar-refractivity contribution in [2.24, 2.45) is 0 Å². The molecule has 40 heavy (non-hydrogen) atoms. The Morgan fingerprint density at radius 1 is 1.12 bits per heavy atom. The first-order chi connectivity index (χ1) is 18.5. The molecule has 1 atom stereocenters. The van der Waals surface area contributed by atoms with Crippen LogP contribution in [0.2, 0.25) is 18.1 Å². The molecule has 0 saturated heterocycles. The molecular formula is C29H39FN4O3S2Si. The maximum absolute atomic E-state index is 14.5. The number of pyridine rings is 1. The molecule has 0 unspecified atom stereocenters. The molecule has 1 aromatic carbocycles. The minimum atomic E-state index is -3.62. The van der Waals surface area contributed by atoms with E-state index in [2.05, 4.69) is 50.5 Å². The second-order valence-electron chi connectivity index (χ2n) is 13.0. The number of hydrogen-bond acceptors (Lipinski definition) is 7. The van der Waals surface area contributed by atoms with Gasteiger partial charge in [0.15, 0.2) is 18.2 Å². The van der Waals surface area contributed by atoms with Gasteiger partial charge in [-0.1, -0.05) is 32.9 Å². The summed E-state index contributed by atoms with van der Waals surface area (Å²) in [6.45, 7) is 15.3. The fraction of sp³-hybridized carbons (Fsp3) is 0.552. The van der Waals surface area contributed by atoms with E-state index in [4.69, 9.17) is 14.5 Å². The van der Waals surface area contributed by atoms with Crippen molar-refractivity contribution in [1.29, 1.82) is 0 Å². The number of thioether (sulfide) groups is 1. The van der Waals surface area contributed by atoms with Crippen LogP contribution in [0.3, 0.4) is 0 Å². The third-order valence-electron chi connectivity index (χ3n) is 8.77. The number of halogens is 1. The molecule has 5 rings (SSSR count). The van der Waals surface area contributed by atoms with Crippen molar-refractivity contribution in [3.05, 3.63) is 59.7 Å². The van der Waals surface area contributed by atoms with Crippen molar-refractivity contribution < 1.29 is 17.2 Å². The van der Waals surface area contributed by atoms with Crippen molar-refractivity contribution in [2.75, 3.05) is 18.6 Å². The van der Waals surface area contributed by atoms with Crippen LogP contribution in [0.25, 0.3) is 11.1 Å². The normalized spacial score (nSPS) is 21.1. The molecule has 1 saturated carbocycles. The van der Waals surface area contributed by atoms with Crippen LogP contribution in [-0.2, 0) is 32.6 Å². The molecule has 0 bridgehead atoms. The molecule has 11 heteroatoms. The highest BCUT2D eigenvalue weighted by Gasteiger charge is 2.52. The lowest BCUT2D eigenvalue weighted by Crippen LogP contribution is -2.45. The van der Waals surface area contributed by atoms with Gasteiger partial charge < -0.3 is 8.99 Å². The molecule has 216 valence electrons. The summed E-state index contributed by atoms with van der Waals surface area (Å²) in [5.41, 5.74) is 1.98. The van der Waals surface area contributed by atoms with E-state index in [0.29, 0.717) is 12.2 Å². The Labute approximate surface area is 242 Å². The van der Waals surface area contributed by atoms with E-state index in [1.807, 2.05) is 23.9 Å². The largest absolute Gasteiger partial charge is 0.415 e. The maximum Gasteiger partial charge on any atom is 0.192 e. The summed E-state index contributed by atoms with van der Waals surface area (Å²) in [4.78, 5) is 4.48. The topological polar surface area (TPSA) is 87.0 Å². The zero-order valence-corrected chi connectivity index (χ0v) is 27.0. The quantitative estimate of drug-likeness (QED) is 0.305. The third kappa shape index (κ3) is 5.54. The Hall–Kier alpha value is -2.08. The molecule has 2 aliphatic rings. The first-order valence-electron chi connectivity index (χ1n) is 13.7. The summed E-state index contributed by atoms with van der Waals surface area (Å²) in [6, 6.07) is 8.08. The van der Waals surface area contributed by atoms with Crippen molar-refractivity contribution in [2.45, 2.75) is 86.7 Å². The van der Waals surface area contributed by atoms with Crippen LogP contribution < -0.4 is 0 Å². The smallest absolute Gasteiger partial charge is 0.192 e. The van der Waals surface area contributed by atoms with Crippen LogP contribution in [0, 0.1) is 5.82 Å². The lowest BCUT2D eigenvalue weighted by atomic mass is 9.98. The minimum absolute atomic E-state index is 0.0629. The van der Waals surface area contributed by atoms with Gasteiger partial charge in [0.2, 0.25) is 0 Å². The highest BCUT2D eigenvalue weighted by atomic mass is 32.2. The molecule has 0 amide bonds. The first-order valence-corrected chi connectivity index (χ1v) is 19.5. The van der Waals surface area contributed by atoms with Crippen LogP contribution in [-0.4, -0.2) is 59.8 Å². The highest BCUT2D eigenvalue weighted by molar-refractivity contribution is 8.00. The molecule has 1 fully saturated rings. The molecule has 1 aliphatic heterocycles. The second-order valence-corrected chi connectivity index (χ2v) is 21.5. The van der Waals surface area contributed by atoms with Gasteiger partial charge in [-0.2, -0.15) is 11.8 Å². The maximum atomic E-state index is 14.5. The predicted molar refractivity (Wildman–Crippen MR) is 160 cm³/mol. The highest BCUT2D eigenvalue weighted by Crippen LogP contribution is 2.53. The van der Waals surface area contributed by atoms with Crippen molar-refractivity contribution >= 4 is 29.9 Å². The fourth-order valence-corrected chi connectivity index (χ4v) is 8.10. The number of fused-ring (bicyclic) bond motifs is 1. The van der Waals surface area contributed by atoms with E-state index in [-0.39, 0.29) is 20.1 Å². The number of hydrogen-bond donors (Lipinski definition) is 0. The van der Waals surface area contributed by atoms with Gasteiger partial charge in [0, 0.05) is 48.1 Å². The molecule has 0 radical (unpaired) electrons. The predicted octanol–water partition coefficient (Wildman–Crippen LogP) is 6.03. The average molecular weight is 603 g/mol. The number of benzene rings is 1. The lowest BCUT2D eigenvalue weighted by Gasteiger charge is -2.39. The van der Waals surface area contributed by atoms with Crippen molar-refractivity contribution in [3.8, 4) is 11.1 Å². The van der Waals surface area contributed by atoms with E-state index < -0.39 is 24.0 Å². The van der Waals surface area contributed by atoms with E-state index in [1.54, 1.807) is 12.3 Å². The molecule has 3 heterocycles. The zero-order chi connectivity index (χ0) is 29.1. The summed E-state index contributed by atoms with van der Waals surface area (Å²) in [5, 5.41) is 9.56. The molecular weight excluding hydrogens is 564 g/mol. The van der Waals surface area contributed by atoms with Crippen molar-refractivity contribution in [1.82, 2.24) is 19.7 Å². The fourth-order valence-electron chi connectivity index (χ4n) is 5.01. The monoisotopic (exact) mass is 602 g/mol. The average Bonchev–Trinajstić information content (AvgIpc) is 3.61. The Bertz CT molecular complexity index is 1530. The van der Waals surface area contributed by atoms with Gasteiger partial charge in [0.25, 0.3) is 0 Å². The van der Waals surface area contributed by atoms with E-state index in [1.165, 1.54) is 12.1 Å². The van der Waals surface area contributed by atoms with Crippen LogP contribution in [0.4, 0.5) is 4.39 Å². The number of sulfone groups is 1. The molecule has 3 aromatic rings. The third-order valence-corrected chi connectivity index (χ3v) is 15.7. The Morgan fingerprint density at radius 3 is 2.40 bits per heavy atom. The summed E-state index contributed by atoms with van der Waals surface area (Å²) < 4.78 is 46.9. The number of nitrogens with zero attached hydrogens (tertiary/aromatic N) is 4. The van der Waals surface area contributed by atoms with E-state index >= 15 is 0 Å². The van der Waals surface area contributed by atoms with Crippen LogP contribution in [0.5, 0.6) is 0 Å². The molecule has 0 spiro atoms. The lowest BCUT2D eigenvalue weighted by molar-refractivity contribution is 0.252. The molecule has 7 nitrogen and oxygen atoms in total. The zero-order valence-electron chi connectivity index (χ0n) is 24.4. The van der Waals surface area contributed by atoms with Gasteiger partial charge in [-0.15, -0.1) is 10.2 Å². The van der Waals surface area contributed by atoms with Gasteiger partial charge in [0.05, 0.1) is 11.1 Å². The van der Waals surface area contributed by atoms with Gasteiger partial charge in [-0.25, -0.2) is 12.8 Å². The molecule has 0 N–H and O–H groups in total. The number of aromatic nitrogens is 4. The van der Waals surface area contributed by atoms with Crippen LogP contribution in [0.1, 0.15) is 57.9 Å². The van der Waals surface area contributed by atoms with Crippen LogP contribution >= 0.6 is 11.8 Å². The number of rotatable bonds is 7. The first kappa shape index (κ1) is 29.4. The van der Waals surface area contributed by atoms with Gasteiger partial charge in [0.1, 0.15) is 22.4 Å². The molecule has 1 aliphatic carbocycles. The van der Waals surface area contributed by atoms with Crippen LogP contribution in [0.15, 0.2) is 41.4 Å². The Kier molecular flexibility index (Phi) is 7.37.